The second-order valence-corrected chi connectivity index (χ2v) is 13.0. The van der Waals surface area contributed by atoms with Gasteiger partial charge in [0.15, 0.2) is 0 Å². The number of urea groups is 1. The van der Waals surface area contributed by atoms with Gasteiger partial charge in [-0.15, -0.1) is 0 Å². The van der Waals surface area contributed by atoms with E-state index >= 15 is 0 Å². The lowest BCUT2D eigenvalue weighted by Crippen LogP contribution is -2.39. The number of nitriles is 2. The van der Waals surface area contributed by atoms with Gasteiger partial charge >= 0.3 is 6.03 Å². The number of rotatable bonds is 7. The third-order valence-corrected chi connectivity index (χ3v) is 8.77. The van der Waals surface area contributed by atoms with E-state index in [0.29, 0.717) is 23.3 Å². The van der Waals surface area contributed by atoms with Gasteiger partial charge in [-0.1, -0.05) is 29.4 Å². The number of benzene rings is 1. The van der Waals surface area contributed by atoms with Gasteiger partial charge in [-0.3, -0.25) is 4.79 Å². The summed E-state index contributed by atoms with van der Waals surface area (Å²) in [5.74, 6) is 0.149. The summed E-state index contributed by atoms with van der Waals surface area (Å²) in [6.45, 7) is 7.95. The van der Waals surface area contributed by atoms with E-state index in [9.17, 15) is 20.1 Å². The van der Waals surface area contributed by atoms with Crippen molar-refractivity contribution < 1.29 is 9.63 Å². The van der Waals surface area contributed by atoms with Gasteiger partial charge in [-0.25, -0.2) is 9.78 Å². The summed E-state index contributed by atoms with van der Waals surface area (Å²) in [6, 6.07) is 15.8. The van der Waals surface area contributed by atoms with Crippen molar-refractivity contribution in [3.8, 4) is 12.1 Å². The summed E-state index contributed by atoms with van der Waals surface area (Å²) in [6.07, 6.45) is 3.27. The standard InChI is InChI=1S/C34H40N8O3/c1-34(2,3)45-38-29(23-9-7-22(8-10-23)21-42-18-17-39(4)33(42)44)24-11-14-26(15-12-24)40(5)31-27(20-36)32(43)41(6)28-16-13-25(19-35)37-30(28)31/h7-10,13,16,24,26H,11-12,14-15,17-18,21H2,1-6H3/b38-29-. The van der Waals surface area contributed by atoms with Gasteiger partial charge in [0.1, 0.15) is 34.5 Å². The first-order chi connectivity index (χ1) is 21.4. The van der Waals surface area contributed by atoms with Crippen LogP contribution in [0.5, 0.6) is 0 Å². The number of aromatic nitrogens is 2. The molecular formula is C34H40N8O3. The minimum Gasteiger partial charge on any atom is -0.390 e. The van der Waals surface area contributed by atoms with Crippen LogP contribution in [0.4, 0.5) is 10.5 Å². The fourth-order valence-electron chi connectivity index (χ4n) is 6.22. The van der Waals surface area contributed by atoms with Crippen LogP contribution in [0.15, 0.2) is 46.3 Å². The Morgan fingerprint density at radius 1 is 1.02 bits per heavy atom. The molecule has 0 unspecified atom stereocenters. The highest BCUT2D eigenvalue weighted by Crippen LogP contribution is 2.35. The molecular weight excluding hydrogens is 568 g/mol. The SMILES string of the molecule is CN1CCN(Cc2ccc(/C(=N/OC(C)(C)C)C3CCC(N(C)c4c(C#N)c(=O)n(C)c5ccc(C#N)nc45)CC3)cc2)C1=O. The molecule has 2 aromatic heterocycles. The van der Waals surface area contributed by atoms with Crippen LogP contribution in [-0.2, 0) is 18.4 Å². The number of nitrogens with zero attached hydrogens (tertiary/aromatic N) is 8. The molecule has 234 valence electrons. The first-order valence-electron chi connectivity index (χ1n) is 15.3. The maximum atomic E-state index is 13.1. The average molecular weight is 609 g/mol. The third-order valence-electron chi connectivity index (χ3n) is 8.77. The summed E-state index contributed by atoms with van der Waals surface area (Å²) in [5.41, 5.74) is 3.89. The quantitative estimate of drug-likeness (QED) is 0.279. The number of carbonyl (C=O) groups is 1. The first kappa shape index (κ1) is 31.5. The predicted octanol–water partition coefficient (Wildman–Crippen LogP) is 4.76. The van der Waals surface area contributed by atoms with E-state index in [-0.39, 0.29) is 34.8 Å². The zero-order chi connectivity index (χ0) is 32.5. The molecule has 3 heterocycles. The number of fused-ring (bicyclic) bond motifs is 1. The molecule has 1 aliphatic carbocycles. The number of oxime groups is 1. The molecule has 1 saturated carbocycles. The van der Waals surface area contributed by atoms with Gasteiger partial charge in [-0.2, -0.15) is 10.5 Å². The van der Waals surface area contributed by atoms with E-state index in [1.807, 2.05) is 44.7 Å². The van der Waals surface area contributed by atoms with Crippen molar-refractivity contribution in [1.82, 2.24) is 19.4 Å². The minimum absolute atomic E-state index is 0.0282. The summed E-state index contributed by atoms with van der Waals surface area (Å²) in [7, 11) is 5.34. The number of aryl methyl sites for hydroxylation is 1. The Hall–Kier alpha value is -4.90. The Morgan fingerprint density at radius 2 is 1.71 bits per heavy atom. The molecule has 1 aromatic carbocycles. The Morgan fingerprint density at radius 3 is 2.29 bits per heavy atom. The number of pyridine rings is 2. The Bertz CT molecular complexity index is 1770. The molecule has 0 atom stereocenters. The van der Waals surface area contributed by atoms with E-state index in [1.165, 1.54) is 4.57 Å². The molecule has 1 aliphatic heterocycles. The predicted molar refractivity (Wildman–Crippen MR) is 173 cm³/mol. The lowest BCUT2D eigenvalue weighted by molar-refractivity contribution is -0.0000304. The molecule has 11 heteroatoms. The topological polar surface area (TPSA) is 131 Å². The number of anilines is 1. The number of hydrogen-bond donors (Lipinski definition) is 0. The van der Waals surface area contributed by atoms with Crippen molar-refractivity contribution in [1.29, 1.82) is 10.5 Å². The average Bonchev–Trinajstić information content (AvgIpc) is 3.34. The highest BCUT2D eigenvalue weighted by Gasteiger charge is 2.32. The van der Waals surface area contributed by atoms with E-state index in [4.69, 9.17) is 4.84 Å². The molecule has 3 aromatic rings. The van der Waals surface area contributed by atoms with Crippen molar-refractivity contribution in [2.45, 2.75) is 64.6 Å². The van der Waals surface area contributed by atoms with Crippen LogP contribution in [0.25, 0.3) is 11.0 Å². The lowest BCUT2D eigenvalue weighted by atomic mass is 9.80. The highest BCUT2D eigenvalue weighted by atomic mass is 16.6. The van der Waals surface area contributed by atoms with E-state index in [1.54, 1.807) is 24.1 Å². The van der Waals surface area contributed by atoms with Crippen LogP contribution in [0, 0.1) is 28.6 Å². The monoisotopic (exact) mass is 608 g/mol. The van der Waals surface area contributed by atoms with Crippen molar-refractivity contribution in [3.63, 3.8) is 0 Å². The van der Waals surface area contributed by atoms with Crippen LogP contribution in [-0.4, -0.2) is 69.9 Å². The summed E-state index contributed by atoms with van der Waals surface area (Å²) < 4.78 is 1.42. The summed E-state index contributed by atoms with van der Waals surface area (Å²) in [4.78, 5) is 41.6. The van der Waals surface area contributed by atoms with Gasteiger partial charge < -0.3 is 24.1 Å². The molecule has 11 nitrogen and oxygen atoms in total. The number of amides is 2. The number of likely N-dealkylation sites (N-methyl/N-ethyl adjacent to an activating group) is 1. The third kappa shape index (κ3) is 6.48. The molecule has 0 spiro atoms. The van der Waals surface area contributed by atoms with Crippen molar-refractivity contribution >= 4 is 28.5 Å². The molecule has 2 fully saturated rings. The zero-order valence-electron chi connectivity index (χ0n) is 26.9. The molecule has 45 heavy (non-hydrogen) atoms. The van der Waals surface area contributed by atoms with E-state index < -0.39 is 5.60 Å². The minimum atomic E-state index is -0.450. The molecule has 2 aliphatic rings. The fourth-order valence-corrected chi connectivity index (χ4v) is 6.22. The maximum absolute atomic E-state index is 13.1. The van der Waals surface area contributed by atoms with Gasteiger partial charge in [0.2, 0.25) is 0 Å². The number of hydrogen-bond acceptors (Lipinski definition) is 8. The molecule has 0 radical (unpaired) electrons. The van der Waals surface area contributed by atoms with Gasteiger partial charge in [-0.05, 0) is 69.7 Å². The summed E-state index contributed by atoms with van der Waals surface area (Å²) in [5, 5.41) is 24.2. The smallest absolute Gasteiger partial charge is 0.320 e. The van der Waals surface area contributed by atoms with E-state index in [2.05, 4.69) is 46.5 Å². The highest BCUT2D eigenvalue weighted by molar-refractivity contribution is 6.02. The molecule has 0 bridgehead atoms. The Kier molecular flexibility index (Phi) is 8.83. The molecule has 1 saturated heterocycles. The normalized spacial score (nSPS) is 19.0. The van der Waals surface area contributed by atoms with E-state index in [0.717, 1.165) is 55.6 Å². The van der Waals surface area contributed by atoms with Crippen LogP contribution in [0.1, 0.15) is 68.8 Å². The second-order valence-electron chi connectivity index (χ2n) is 13.0. The Labute approximate surface area is 263 Å². The second kappa shape index (κ2) is 12.6. The van der Waals surface area contributed by atoms with Crippen LogP contribution in [0.2, 0.25) is 0 Å². The fraction of sp³-hybridized carbons (Fsp3) is 0.471. The summed E-state index contributed by atoms with van der Waals surface area (Å²) >= 11 is 0. The Balaban J connectivity index is 1.38. The van der Waals surface area contributed by atoms with Gasteiger partial charge in [0.05, 0.1) is 16.9 Å². The van der Waals surface area contributed by atoms with Crippen LogP contribution in [0.3, 0.4) is 0 Å². The first-order valence-corrected chi connectivity index (χ1v) is 15.3. The van der Waals surface area contributed by atoms with Crippen LogP contribution < -0.4 is 10.5 Å². The van der Waals surface area contributed by atoms with Gasteiger partial charge in [0, 0.05) is 52.7 Å². The number of carbonyl (C=O) groups excluding carboxylic acids is 1. The van der Waals surface area contributed by atoms with Crippen molar-refractivity contribution in [2.75, 3.05) is 32.1 Å². The zero-order valence-corrected chi connectivity index (χ0v) is 26.9. The maximum Gasteiger partial charge on any atom is 0.320 e. The lowest BCUT2D eigenvalue weighted by Gasteiger charge is -2.37. The molecule has 0 N–H and O–H groups in total. The van der Waals surface area contributed by atoms with Crippen LogP contribution >= 0.6 is 0 Å². The van der Waals surface area contributed by atoms with Crippen molar-refractivity contribution in [2.24, 2.45) is 18.1 Å². The largest absolute Gasteiger partial charge is 0.390 e. The molecule has 2 amide bonds. The molecule has 5 rings (SSSR count). The van der Waals surface area contributed by atoms with Gasteiger partial charge in [0.25, 0.3) is 5.56 Å². The van der Waals surface area contributed by atoms with Crippen molar-refractivity contribution in [3.05, 3.63) is 69.1 Å².